The molecule has 0 aliphatic rings. The van der Waals surface area contributed by atoms with Gasteiger partial charge in [-0.25, -0.2) is 9.98 Å². The van der Waals surface area contributed by atoms with E-state index in [0.29, 0.717) is 26.4 Å². The topological polar surface area (TPSA) is 67.8 Å². The minimum Gasteiger partial charge on any atom is -0.379 e. The lowest BCUT2D eigenvalue weighted by Gasteiger charge is -2.11. The Labute approximate surface area is 195 Å². The number of aromatic nitrogens is 1. The molecule has 0 aliphatic heterocycles. The summed E-state index contributed by atoms with van der Waals surface area (Å²) in [6, 6.07) is 8.37. The van der Waals surface area contributed by atoms with Crippen LogP contribution in [-0.2, 0) is 29.0 Å². The fourth-order valence-electron chi connectivity index (χ4n) is 2.59. The first-order chi connectivity index (χ1) is 13.7. The summed E-state index contributed by atoms with van der Waals surface area (Å²) in [7, 11) is 0. The van der Waals surface area contributed by atoms with Gasteiger partial charge in [0.15, 0.2) is 5.96 Å². The van der Waals surface area contributed by atoms with Gasteiger partial charge in [0.2, 0.25) is 0 Å². The Morgan fingerprint density at radius 2 is 1.93 bits per heavy atom. The minimum absolute atomic E-state index is 0. The third-order valence-corrected chi connectivity index (χ3v) is 4.87. The quantitative estimate of drug-likeness (QED) is 0.188. The number of aryl methyl sites for hydroxylation is 1. The van der Waals surface area contributed by atoms with Crippen molar-refractivity contribution in [2.24, 2.45) is 4.99 Å². The van der Waals surface area contributed by atoms with Crippen molar-refractivity contribution in [3.8, 4) is 0 Å². The zero-order chi connectivity index (χ0) is 20.0. The molecule has 0 radical (unpaired) electrons. The maximum atomic E-state index is 5.65. The van der Waals surface area contributed by atoms with Crippen LogP contribution in [0.3, 0.4) is 0 Å². The van der Waals surface area contributed by atoms with Crippen molar-refractivity contribution in [3.63, 3.8) is 0 Å². The number of rotatable bonds is 12. The van der Waals surface area contributed by atoms with E-state index >= 15 is 0 Å². The highest BCUT2D eigenvalue weighted by molar-refractivity contribution is 14.0. The summed E-state index contributed by atoms with van der Waals surface area (Å²) in [5, 5.41) is 7.83. The number of hydrogen-bond donors (Lipinski definition) is 2. The highest BCUT2D eigenvalue weighted by Gasteiger charge is 2.02. The second kappa shape index (κ2) is 15.6. The second-order valence-electron chi connectivity index (χ2n) is 6.31. The molecule has 0 unspecified atom stereocenters. The van der Waals surface area contributed by atoms with Gasteiger partial charge in [-0.1, -0.05) is 24.3 Å². The predicted octanol–water partition coefficient (Wildman–Crippen LogP) is 3.92. The van der Waals surface area contributed by atoms with Crippen LogP contribution in [0.1, 0.15) is 34.9 Å². The summed E-state index contributed by atoms with van der Waals surface area (Å²) in [5.74, 6) is 0.828. The largest absolute Gasteiger partial charge is 0.379 e. The number of ether oxygens (including phenoxy) is 2. The Kier molecular flexibility index (Phi) is 13.9. The first-order valence-corrected chi connectivity index (χ1v) is 10.7. The lowest BCUT2D eigenvalue weighted by atomic mass is 10.1. The molecule has 0 spiro atoms. The van der Waals surface area contributed by atoms with Gasteiger partial charge in [-0.3, -0.25) is 0 Å². The van der Waals surface area contributed by atoms with Gasteiger partial charge in [0.05, 0.1) is 31.4 Å². The molecule has 2 N–H and O–H groups in total. The number of hydrogen-bond acceptors (Lipinski definition) is 5. The van der Waals surface area contributed by atoms with Crippen LogP contribution in [0, 0.1) is 6.92 Å². The van der Waals surface area contributed by atoms with E-state index in [1.807, 2.05) is 13.1 Å². The Balaban J connectivity index is 0.00000420. The SMILES string of the molecule is CCNC(=NCc1cccc(COCCOCC)c1)NCCc1ncc(C)s1.I. The number of aliphatic imine (C=N–C) groups is 1. The van der Waals surface area contributed by atoms with Crippen molar-refractivity contribution >= 4 is 41.3 Å². The van der Waals surface area contributed by atoms with Crippen LogP contribution in [0.2, 0.25) is 0 Å². The number of halogens is 1. The van der Waals surface area contributed by atoms with Crippen LogP contribution >= 0.6 is 35.3 Å². The highest BCUT2D eigenvalue weighted by Crippen LogP contribution is 2.11. The fraction of sp³-hybridized carbons (Fsp3) is 0.524. The van der Waals surface area contributed by atoms with Crippen molar-refractivity contribution < 1.29 is 9.47 Å². The standard InChI is InChI=1S/C21H32N4O2S.HI/c1-4-22-21(23-10-9-20-24-14-17(3)28-20)25-15-18-7-6-8-19(13-18)16-27-12-11-26-5-2;/h6-8,13-14H,4-5,9-12,15-16H2,1-3H3,(H2,22,23,25);1H. The van der Waals surface area contributed by atoms with Gasteiger partial charge in [0, 0.05) is 37.2 Å². The Hall–Kier alpha value is -1.23. The van der Waals surface area contributed by atoms with E-state index in [-0.39, 0.29) is 24.0 Å². The van der Waals surface area contributed by atoms with Gasteiger partial charge in [-0.05, 0) is 31.9 Å². The van der Waals surface area contributed by atoms with Gasteiger partial charge in [-0.15, -0.1) is 35.3 Å². The Morgan fingerprint density at radius 3 is 2.66 bits per heavy atom. The maximum absolute atomic E-state index is 5.65. The molecule has 1 heterocycles. The predicted molar refractivity (Wildman–Crippen MR) is 131 cm³/mol. The zero-order valence-electron chi connectivity index (χ0n) is 17.6. The lowest BCUT2D eigenvalue weighted by Crippen LogP contribution is -2.38. The van der Waals surface area contributed by atoms with Gasteiger partial charge in [0.1, 0.15) is 0 Å². The molecule has 0 amide bonds. The molecule has 8 heteroatoms. The number of nitrogens with zero attached hydrogens (tertiary/aromatic N) is 2. The van der Waals surface area contributed by atoms with Crippen molar-refractivity contribution in [1.29, 1.82) is 0 Å². The molecular weight excluding hydrogens is 499 g/mol. The first-order valence-electron chi connectivity index (χ1n) is 9.88. The van der Waals surface area contributed by atoms with E-state index in [4.69, 9.17) is 14.5 Å². The van der Waals surface area contributed by atoms with E-state index < -0.39 is 0 Å². The first kappa shape index (κ1) is 25.8. The summed E-state index contributed by atoms with van der Waals surface area (Å²) >= 11 is 1.74. The van der Waals surface area contributed by atoms with Crippen molar-refractivity contribution in [2.75, 3.05) is 32.9 Å². The van der Waals surface area contributed by atoms with Gasteiger partial charge >= 0.3 is 0 Å². The second-order valence-corrected chi connectivity index (χ2v) is 7.63. The molecule has 0 atom stereocenters. The molecule has 1 aromatic carbocycles. The molecule has 0 fully saturated rings. The number of guanidine groups is 1. The van der Waals surface area contributed by atoms with Crippen LogP contribution in [0.25, 0.3) is 0 Å². The molecule has 2 rings (SSSR count). The molecule has 29 heavy (non-hydrogen) atoms. The van der Waals surface area contributed by atoms with Crippen molar-refractivity contribution in [3.05, 3.63) is 51.5 Å². The summed E-state index contributed by atoms with van der Waals surface area (Å²) in [6.07, 6.45) is 2.82. The van der Waals surface area contributed by atoms with Crippen LogP contribution in [0.5, 0.6) is 0 Å². The molecule has 0 saturated carbocycles. The molecule has 1 aromatic heterocycles. The number of nitrogens with one attached hydrogen (secondary N) is 2. The lowest BCUT2D eigenvalue weighted by molar-refractivity contribution is 0.0453. The fourth-order valence-corrected chi connectivity index (χ4v) is 3.37. The van der Waals surface area contributed by atoms with E-state index in [0.717, 1.165) is 42.6 Å². The zero-order valence-corrected chi connectivity index (χ0v) is 20.7. The smallest absolute Gasteiger partial charge is 0.191 e. The average molecular weight is 532 g/mol. The summed E-state index contributed by atoms with van der Waals surface area (Å²) in [6.45, 7) is 11.0. The maximum Gasteiger partial charge on any atom is 0.191 e. The van der Waals surface area contributed by atoms with Crippen LogP contribution < -0.4 is 10.6 Å². The minimum atomic E-state index is 0. The van der Waals surface area contributed by atoms with E-state index in [1.165, 1.54) is 10.4 Å². The number of thiazole rings is 1. The molecule has 162 valence electrons. The van der Waals surface area contributed by atoms with E-state index in [2.05, 4.69) is 53.7 Å². The van der Waals surface area contributed by atoms with E-state index in [9.17, 15) is 0 Å². The monoisotopic (exact) mass is 532 g/mol. The third kappa shape index (κ3) is 10.9. The van der Waals surface area contributed by atoms with Crippen LogP contribution in [0.4, 0.5) is 0 Å². The average Bonchev–Trinajstić information content (AvgIpc) is 3.11. The van der Waals surface area contributed by atoms with Crippen molar-refractivity contribution in [1.82, 2.24) is 15.6 Å². The molecular formula is C21H33IN4O2S. The molecule has 0 bridgehead atoms. The summed E-state index contributed by atoms with van der Waals surface area (Å²) < 4.78 is 10.9. The van der Waals surface area contributed by atoms with Crippen LogP contribution in [0.15, 0.2) is 35.5 Å². The van der Waals surface area contributed by atoms with Crippen LogP contribution in [-0.4, -0.2) is 43.9 Å². The highest BCUT2D eigenvalue weighted by atomic mass is 127. The Bertz CT molecular complexity index is 724. The summed E-state index contributed by atoms with van der Waals surface area (Å²) in [5.41, 5.74) is 2.32. The van der Waals surface area contributed by atoms with Gasteiger partial charge in [-0.2, -0.15) is 0 Å². The number of benzene rings is 1. The third-order valence-electron chi connectivity index (χ3n) is 3.90. The Morgan fingerprint density at radius 1 is 1.14 bits per heavy atom. The molecule has 2 aromatic rings. The molecule has 6 nitrogen and oxygen atoms in total. The normalized spacial score (nSPS) is 11.2. The van der Waals surface area contributed by atoms with Gasteiger partial charge in [0.25, 0.3) is 0 Å². The van der Waals surface area contributed by atoms with Crippen molar-refractivity contribution in [2.45, 2.75) is 40.3 Å². The van der Waals surface area contributed by atoms with E-state index in [1.54, 1.807) is 11.3 Å². The molecule has 0 aliphatic carbocycles. The van der Waals surface area contributed by atoms with Gasteiger partial charge < -0.3 is 20.1 Å². The molecule has 0 saturated heterocycles. The summed E-state index contributed by atoms with van der Waals surface area (Å²) in [4.78, 5) is 10.3.